The SMILES string of the molecule is C=C(C)/C=C\C(C)c1coc2ccc(C/C(CO)=C(O)/C(O)=C(/O)C(=C)O)cc12. The average Bonchev–Trinajstić information content (AvgIpc) is 3.11. The molecule has 0 saturated carbocycles. The van der Waals surface area contributed by atoms with Gasteiger partial charge in [0.2, 0.25) is 11.5 Å². The van der Waals surface area contributed by atoms with Crippen LogP contribution < -0.4 is 0 Å². The lowest BCUT2D eigenvalue weighted by Gasteiger charge is -2.10. The first-order chi connectivity index (χ1) is 13.6. The predicted molar refractivity (Wildman–Crippen MR) is 113 cm³/mol. The molecule has 29 heavy (non-hydrogen) atoms. The lowest BCUT2D eigenvalue weighted by atomic mass is 9.96. The van der Waals surface area contributed by atoms with Crippen molar-refractivity contribution in [1.29, 1.82) is 0 Å². The zero-order valence-electron chi connectivity index (χ0n) is 16.5. The van der Waals surface area contributed by atoms with Crippen molar-refractivity contribution in [2.75, 3.05) is 6.61 Å². The molecule has 0 aliphatic carbocycles. The van der Waals surface area contributed by atoms with Gasteiger partial charge in [0.15, 0.2) is 11.5 Å². The largest absolute Gasteiger partial charge is 0.505 e. The zero-order valence-corrected chi connectivity index (χ0v) is 16.5. The summed E-state index contributed by atoms with van der Waals surface area (Å²) in [7, 11) is 0. The minimum atomic E-state index is -0.959. The highest BCUT2D eigenvalue weighted by atomic mass is 16.4. The van der Waals surface area contributed by atoms with Gasteiger partial charge in [0.1, 0.15) is 5.58 Å². The molecule has 6 heteroatoms. The molecule has 1 aromatic heterocycles. The van der Waals surface area contributed by atoms with Gasteiger partial charge in [-0.2, -0.15) is 0 Å². The molecule has 0 aliphatic rings. The van der Waals surface area contributed by atoms with Crippen molar-refractivity contribution in [1.82, 2.24) is 0 Å². The van der Waals surface area contributed by atoms with E-state index in [2.05, 4.69) is 13.2 Å². The molecule has 0 aliphatic heterocycles. The maximum atomic E-state index is 10.2. The number of benzene rings is 1. The monoisotopic (exact) mass is 398 g/mol. The molecule has 0 saturated heterocycles. The summed E-state index contributed by atoms with van der Waals surface area (Å²) in [6.45, 7) is 10.3. The summed E-state index contributed by atoms with van der Waals surface area (Å²) in [5.41, 5.74) is 3.45. The predicted octanol–water partition coefficient (Wildman–Crippen LogP) is 5.41. The number of furan rings is 1. The van der Waals surface area contributed by atoms with Crippen LogP contribution in [0.15, 0.2) is 88.4 Å². The summed E-state index contributed by atoms with van der Waals surface area (Å²) < 4.78 is 5.62. The van der Waals surface area contributed by atoms with Gasteiger partial charge in [0.25, 0.3) is 0 Å². The highest BCUT2D eigenvalue weighted by molar-refractivity contribution is 5.82. The highest BCUT2D eigenvalue weighted by Crippen LogP contribution is 2.30. The van der Waals surface area contributed by atoms with E-state index in [1.54, 1.807) is 18.4 Å². The topological polar surface area (TPSA) is 114 Å². The molecule has 2 rings (SSSR count). The Bertz CT molecular complexity index is 1020. The Kier molecular flexibility index (Phi) is 6.96. The summed E-state index contributed by atoms with van der Waals surface area (Å²) in [4.78, 5) is 0. The summed E-state index contributed by atoms with van der Waals surface area (Å²) in [5.74, 6) is -3.34. The number of allylic oxidation sites excluding steroid dienone is 3. The van der Waals surface area contributed by atoms with Gasteiger partial charge in [-0.25, -0.2) is 0 Å². The fourth-order valence-electron chi connectivity index (χ4n) is 2.85. The van der Waals surface area contributed by atoms with E-state index in [0.717, 1.165) is 22.1 Å². The van der Waals surface area contributed by atoms with E-state index in [9.17, 15) is 20.4 Å². The van der Waals surface area contributed by atoms with Gasteiger partial charge in [0, 0.05) is 22.4 Å². The molecule has 0 spiro atoms. The summed E-state index contributed by atoms with van der Waals surface area (Å²) in [5, 5.41) is 49.2. The third-order valence-corrected chi connectivity index (χ3v) is 4.49. The van der Waals surface area contributed by atoms with E-state index in [0.29, 0.717) is 5.58 Å². The number of fused-ring (bicyclic) bond motifs is 1. The molecule has 1 aromatic carbocycles. The van der Waals surface area contributed by atoms with Crippen LogP contribution in [0.1, 0.15) is 30.9 Å². The van der Waals surface area contributed by atoms with E-state index in [1.807, 2.05) is 32.1 Å². The second-order valence-electron chi connectivity index (χ2n) is 6.95. The lowest BCUT2D eigenvalue weighted by molar-refractivity contribution is 0.252. The lowest BCUT2D eigenvalue weighted by Crippen LogP contribution is -2.06. The molecule has 154 valence electrons. The smallest absolute Gasteiger partial charge is 0.204 e. The number of rotatable bonds is 8. The van der Waals surface area contributed by atoms with Crippen LogP contribution in [-0.4, -0.2) is 32.1 Å². The van der Waals surface area contributed by atoms with Crippen LogP contribution in [0.2, 0.25) is 0 Å². The number of aliphatic hydroxyl groups is 5. The first kappa shape index (κ1) is 21.9. The van der Waals surface area contributed by atoms with Crippen molar-refractivity contribution in [2.24, 2.45) is 0 Å². The third-order valence-electron chi connectivity index (χ3n) is 4.49. The van der Waals surface area contributed by atoms with Gasteiger partial charge in [-0.1, -0.05) is 43.9 Å². The van der Waals surface area contributed by atoms with Gasteiger partial charge in [0.05, 0.1) is 12.9 Å². The molecule has 0 amide bonds. The van der Waals surface area contributed by atoms with Crippen LogP contribution >= 0.6 is 0 Å². The van der Waals surface area contributed by atoms with E-state index in [-0.39, 0.29) is 17.9 Å². The Balaban J connectivity index is 2.42. The fraction of sp³-hybridized carbons (Fsp3) is 0.217. The van der Waals surface area contributed by atoms with Crippen LogP contribution in [0.3, 0.4) is 0 Å². The third kappa shape index (κ3) is 5.12. The summed E-state index contributed by atoms with van der Waals surface area (Å²) in [6, 6.07) is 5.45. The van der Waals surface area contributed by atoms with Gasteiger partial charge in [-0.05, 0) is 31.0 Å². The van der Waals surface area contributed by atoms with Crippen molar-refractivity contribution in [3.63, 3.8) is 0 Å². The Hall–Kier alpha value is -3.38. The van der Waals surface area contributed by atoms with E-state index < -0.39 is 29.6 Å². The average molecular weight is 398 g/mol. The molecule has 6 nitrogen and oxygen atoms in total. The van der Waals surface area contributed by atoms with Crippen molar-refractivity contribution in [3.8, 4) is 0 Å². The maximum absolute atomic E-state index is 10.2. The minimum absolute atomic E-state index is 0.0647. The van der Waals surface area contributed by atoms with Crippen LogP contribution in [0.4, 0.5) is 0 Å². The first-order valence-corrected chi connectivity index (χ1v) is 9.02. The molecule has 0 bridgehead atoms. The molecule has 0 radical (unpaired) electrons. The summed E-state index contributed by atoms with van der Waals surface area (Å²) in [6.07, 6.45) is 5.77. The highest BCUT2D eigenvalue weighted by Gasteiger charge is 2.17. The maximum Gasteiger partial charge on any atom is 0.204 e. The van der Waals surface area contributed by atoms with E-state index in [1.165, 1.54) is 0 Å². The zero-order chi connectivity index (χ0) is 21.7. The molecule has 0 fully saturated rings. The van der Waals surface area contributed by atoms with Gasteiger partial charge >= 0.3 is 0 Å². The van der Waals surface area contributed by atoms with E-state index in [4.69, 9.17) is 9.52 Å². The number of hydrogen-bond acceptors (Lipinski definition) is 6. The normalized spacial score (nSPS) is 14.6. The van der Waals surface area contributed by atoms with Crippen LogP contribution in [0.25, 0.3) is 11.0 Å². The second-order valence-corrected chi connectivity index (χ2v) is 6.95. The Morgan fingerprint density at radius 1 is 1.10 bits per heavy atom. The summed E-state index contributed by atoms with van der Waals surface area (Å²) >= 11 is 0. The fourth-order valence-corrected chi connectivity index (χ4v) is 2.85. The second kappa shape index (κ2) is 9.21. The number of hydrogen-bond donors (Lipinski definition) is 5. The molecule has 1 atom stereocenters. The van der Waals surface area contributed by atoms with Gasteiger partial charge in [-0.3, -0.25) is 0 Å². The van der Waals surface area contributed by atoms with Crippen molar-refractivity contribution in [2.45, 2.75) is 26.2 Å². The molecule has 5 N–H and O–H groups in total. The molecule has 1 heterocycles. The van der Waals surface area contributed by atoms with Crippen molar-refractivity contribution >= 4 is 11.0 Å². The van der Waals surface area contributed by atoms with E-state index >= 15 is 0 Å². The molecular weight excluding hydrogens is 372 g/mol. The van der Waals surface area contributed by atoms with Crippen LogP contribution in [0, 0.1) is 0 Å². The molecule has 2 aromatic rings. The quantitative estimate of drug-likeness (QED) is 0.300. The Labute approximate surface area is 169 Å². The van der Waals surface area contributed by atoms with Crippen molar-refractivity contribution in [3.05, 3.63) is 95.1 Å². The van der Waals surface area contributed by atoms with Crippen LogP contribution in [-0.2, 0) is 6.42 Å². The van der Waals surface area contributed by atoms with Crippen molar-refractivity contribution < 1.29 is 29.9 Å². The van der Waals surface area contributed by atoms with Gasteiger partial charge < -0.3 is 29.9 Å². The Morgan fingerprint density at radius 2 is 1.79 bits per heavy atom. The minimum Gasteiger partial charge on any atom is -0.505 e. The standard InChI is InChI=1S/C23H26O6/c1-13(2)5-6-14(3)19-12-29-20-8-7-16(10-18(19)20)9-17(11-24)22(27)23(28)21(26)15(4)25/h5-8,10,12,14,24-28H,1,4,9,11H2,2-3H3/b6-5-,22-17+,23-21-. The van der Waals surface area contributed by atoms with Gasteiger partial charge in [-0.15, -0.1) is 0 Å². The Morgan fingerprint density at radius 3 is 2.38 bits per heavy atom. The first-order valence-electron chi connectivity index (χ1n) is 9.02. The van der Waals surface area contributed by atoms with Crippen LogP contribution in [0.5, 0.6) is 0 Å². The number of aliphatic hydroxyl groups excluding tert-OH is 5. The molecular formula is C23H26O6. The molecule has 1 unspecified atom stereocenters.